The summed E-state index contributed by atoms with van der Waals surface area (Å²) in [7, 11) is 1.52. The predicted molar refractivity (Wildman–Crippen MR) is 126 cm³/mol. The number of hydrogen-bond donors (Lipinski definition) is 2. The van der Waals surface area contributed by atoms with Crippen LogP contribution in [0.4, 0.5) is 5.00 Å². The smallest absolute Gasteiger partial charge is 0.341 e. The molecular weight excluding hydrogens is 424 g/mol. The molecule has 32 heavy (non-hydrogen) atoms. The molecule has 0 aliphatic carbocycles. The van der Waals surface area contributed by atoms with Crippen LogP contribution in [0.2, 0.25) is 0 Å². The van der Waals surface area contributed by atoms with E-state index in [1.165, 1.54) is 7.05 Å². The van der Waals surface area contributed by atoms with E-state index in [4.69, 9.17) is 4.74 Å². The Hall–Kier alpha value is -3.45. The molecule has 0 spiro atoms. The van der Waals surface area contributed by atoms with Crippen LogP contribution in [0.1, 0.15) is 56.0 Å². The Kier molecular flexibility index (Phi) is 7.78. The minimum Gasteiger partial charge on any atom is -0.462 e. The second-order valence-corrected chi connectivity index (χ2v) is 8.21. The molecule has 0 saturated heterocycles. The van der Waals surface area contributed by atoms with E-state index in [0.29, 0.717) is 15.4 Å². The molecular formula is C25H26N2O4S. The zero-order chi connectivity index (χ0) is 23.1. The Morgan fingerprint density at radius 1 is 0.969 bits per heavy atom. The largest absolute Gasteiger partial charge is 0.462 e. The van der Waals surface area contributed by atoms with Crippen LogP contribution in [-0.2, 0) is 9.53 Å². The van der Waals surface area contributed by atoms with Crippen molar-refractivity contribution in [1.82, 2.24) is 5.32 Å². The lowest BCUT2D eigenvalue weighted by Gasteiger charge is -2.18. The van der Waals surface area contributed by atoms with E-state index in [1.54, 1.807) is 13.8 Å². The molecule has 0 radical (unpaired) electrons. The summed E-state index contributed by atoms with van der Waals surface area (Å²) >= 11 is 1.08. The van der Waals surface area contributed by atoms with Crippen molar-refractivity contribution in [2.75, 3.05) is 19.0 Å². The predicted octanol–water partition coefficient (Wildman–Crippen LogP) is 4.75. The van der Waals surface area contributed by atoms with Crippen LogP contribution in [0, 0.1) is 6.92 Å². The average Bonchev–Trinajstić information content (AvgIpc) is 3.13. The maximum Gasteiger partial charge on any atom is 0.341 e. The van der Waals surface area contributed by atoms with Crippen molar-refractivity contribution < 1.29 is 19.1 Å². The number of thiophene rings is 1. The first-order chi connectivity index (χ1) is 15.5. The van der Waals surface area contributed by atoms with Crippen molar-refractivity contribution in [2.45, 2.75) is 26.2 Å². The van der Waals surface area contributed by atoms with Crippen LogP contribution in [0.5, 0.6) is 0 Å². The van der Waals surface area contributed by atoms with Gasteiger partial charge in [-0.3, -0.25) is 9.59 Å². The summed E-state index contributed by atoms with van der Waals surface area (Å²) in [5.74, 6) is -1.28. The molecule has 1 aromatic heterocycles. The lowest BCUT2D eigenvalue weighted by atomic mass is 9.88. The van der Waals surface area contributed by atoms with Crippen molar-refractivity contribution >= 4 is 34.1 Å². The molecule has 2 N–H and O–H groups in total. The van der Waals surface area contributed by atoms with Crippen molar-refractivity contribution in [1.29, 1.82) is 0 Å². The maximum atomic E-state index is 13.1. The van der Waals surface area contributed by atoms with Gasteiger partial charge in [-0.05, 0) is 30.5 Å². The lowest BCUT2D eigenvalue weighted by Crippen LogP contribution is -2.18. The summed E-state index contributed by atoms with van der Waals surface area (Å²) in [5, 5.41) is 5.75. The lowest BCUT2D eigenvalue weighted by molar-refractivity contribution is -0.116. The van der Waals surface area contributed by atoms with Gasteiger partial charge in [0.15, 0.2) is 0 Å². The molecule has 7 heteroatoms. The molecule has 3 aromatic rings. The van der Waals surface area contributed by atoms with Gasteiger partial charge in [0.2, 0.25) is 5.91 Å². The number of amides is 2. The third kappa shape index (κ3) is 5.23. The van der Waals surface area contributed by atoms with Crippen LogP contribution in [-0.4, -0.2) is 31.4 Å². The van der Waals surface area contributed by atoms with Gasteiger partial charge < -0.3 is 15.4 Å². The van der Waals surface area contributed by atoms with Gasteiger partial charge in [-0.15, -0.1) is 11.3 Å². The SMILES string of the molecule is CCOC(=O)c1c(NC(=O)CC(c2ccccc2)c2ccccc2)sc(C(=O)NC)c1C. The highest BCUT2D eigenvalue weighted by Crippen LogP contribution is 2.35. The molecule has 0 saturated carbocycles. The van der Waals surface area contributed by atoms with E-state index in [-0.39, 0.29) is 36.3 Å². The summed E-state index contributed by atoms with van der Waals surface area (Å²) in [6.45, 7) is 3.59. The van der Waals surface area contributed by atoms with E-state index >= 15 is 0 Å². The summed E-state index contributed by atoms with van der Waals surface area (Å²) in [5.41, 5.74) is 2.76. The van der Waals surface area contributed by atoms with E-state index in [2.05, 4.69) is 10.6 Å². The Labute approximate surface area is 191 Å². The van der Waals surface area contributed by atoms with Gasteiger partial charge in [0.05, 0.1) is 17.0 Å². The number of esters is 1. The average molecular weight is 451 g/mol. The quantitative estimate of drug-likeness (QED) is 0.485. The fourth-order valence-electron chi connectivity index (χ4n) is 3.54. The van der Waals surface area contributed by atoms with Crippen LogP contribution in [0.15, 0.2) is 60.7 Å². The number of carbonyl (C=O) groups excluding carboxylic acids is 3. The van der Waals surface area contributed by atoms with Gasteiger partial charge in [0, 0.05) is 19.4 Å². The first-order valence-electron chi connectivity index (χ1n) is 10.4. The number of hydrogen-bond acceptors (Lipinski definition) is 5. The molecule has 2 aromatic carbocycles. The van der Waals surface area contributed by atoms with E-state index in [9.17, 15) is 14.4 Å². The topological polar surface area (TPSA) is 84.5 Å². The van der Waals surface area contributed by atoms with Crippen LogP contribution in [0.3, 0.4) is 0 Å². The first-order valence-corrected chi connectivity index (χ1v) is 11.2. The number of nitrogens with one attached hydrogen (secondary N) is 2. The van der Waals surface area contributed by atoms with Crippen molar-refractivity contribution in [3.8, 4) is 0 Å². The summed E-state index contributed by atoms with van der Waals surface area (Å²) < 4.78 is 5.16. The van der Waals surface area contributed by atoms with Gasteiger partial charge in [0.25, 0.3) is 5.91 Å². The number of benzene rings is 2. The number of rotatable bonds is 8. The molecule has 0 unspecified atom stereocenters. The minimum atomic E-state index is -0.561. The van der Waals surface area contributed by atoms with Gasteiger partial charge in [-0.1, -0.05) is 60.7 Å². The van der Waals surface area contributed by atoms with Crippen molar-refractivity contribution in [3.63, 3.8) is 0 Å². The van der Waals surface area contributed by atoms with Crippen molar-refractivity contribution in [2.24, 2.45) is 0 Å². The third-order valence-corrected chi connectivity index (χ3v) is 6.31. The molecule has 0 atom stereocenters. The fraction of sp³-hybridized carbons (Fsp3) is 0.240. The molecule has 2 amide bonds. The standard InChI is InChI=1S/C25H26N2O4S/c1-4-31-25(30)21-16(2)22(23(29)26-3)32-24(21)27-20(28)15-19(17-11-7-5-8-12-17)18-13-9-6-10-14-18/h5-14,19H,4,15H2,1-3H3,(H,26,29)(H,27,28). The minimum absolute atomic E-state index is 0.150. The zero-order valence-corrected chi connectivity index (χ0v) is 19.1. The van der Waals surface area contributed by atoms with Gasteiger partial charge in [0.1, 0.15) is 5.00 Å². The van der Waals surface area contributed by atoms with Gasteiger partial charge in [-0.25, -0.2) is 4.79 Å². The highest BCUT2D eigenvalue weighted by atomic mass is 32.1. The monoisotopic (exact) mass is 450 g/mol. The molecule has 6 nitrogen and oxygen atoms in total. The Morgan fingerprint density at radius 3 is 2.03 bits per heavy atom. The van der Waals surface area contributed by atoms with Crippen molar-refractivity contribution in [3.05, 3.63) is 87.8 Å². The number of ether oxygens (including phenoxy) is 1. The third-order valence-electron chi connectivity index (χ3n) is 5.11. The van der Waals surface area contributed by atoms with Gasteiger partial charge >= 0.3 is 5.97 Å². The fourth-order valence-corrected chi connectivity index (χ4v) is 4.70. The Balaban J connectivity index is 1.91. The van der Waals surface area contributed by atoms with Crippen LogP contribution in [0.25, 0.3) is 0 Å². The van der Waals surface area contributed by atoms with Crippen LogP contribution >= 0.6 is 11.3 Å². The Bertz CT molecular complexity index is 1050. The zero-order valence-electron chi connectivity index (χ0n) is 18.3. The summed E-state index contributed by atoms with van der Waals surface area (Å²) in [4.78, 5) is 38.3. The molecule has 0 aliphatic heterocycles. The van der Waals surface area contributed by atoms with E-state index in [1.807, 2.05) is 60.7 Å². The molecule has 3 rings (SSSR count). The molecule has 0 fully saturated rings. The van der Waals surface area contributed by atoms with Crippen LogP contribution < -0.4 is 10.6 Å². The number of carbonyl (C=O) groups is 3. The summed E-state index contributed by atoms with van der Waals surface area (Å²) in [6.07, 6.45) is 0.183. The highest BCUT2D eigenvalue weighted by Gasteiger charge is 2.27. The maximum absolute atomic E-state index is 13.1. The summed E-state index contributed by atoms with van der Waals surface area (Å²) in [6, 6.07) is 19.6. The Morgan fingerprint density at radius 2 is 1.53 bits per heavy atom. The first kappa shape index (κ1) is 23.2. The molecule has 0 bridgehead atoms. The second kappa shape index (κ2) is 10.7. The van der Waals surface area contributed by atoms with E-state index < -0.39 is 5.97 Å². The van der Waals surface area contributed by atoms with Gasteiger partial charge in [-0.2, -0.15) is 0 Å². The highest BCUT2D eigenvalue weighted by molar-refractivity contribution is 7.18. The molecule has 0 aliphatic rings. The molecule has 166 valence electrons. The second-order valence-electron chi connectivity index (χ2n) is 7.19. The normalized spacial score (nSPS) is 10.6. The molecule has 1 heterocycles. The number of anilines is 1. The van der Waals surface area contributed by atoms with E-state index in [0.717, 1.165) is 22.5 Å².